The molecule has 0 fully saturated rings. The van der Waals surface area contributed by atoms with Crippen LogP contribution in [0.4, 0.5) is 5.13 Å². The van der Waals surface area contributed by atoms with Gasteiger partial charge in [-0.25, -0.2) is 9.97 Å². The summed E-state index contributed by atoms with van der Waals surface area (Å²) in [5.74, 6) is 1.35. The Bertz CT molecular complexity index is 1510. The monoisotopic (exact) mass is 472 g/mol. The maximum Gasteiger partial charge on any atom is 0.184 e. The number of nitrogens with zero attached hydrogens (tertiary/aromatic N) is 3. The van der Waals surface area contributed by atoms with Crippen molar-refractivity contribution < 1.29 is 14.6 Å². The van der Waals surface area contributed by atoms with E-state index < -0.39 is 6.10 Å². The Hall–Kier alpha value is -3.62. The number of ether oxygens (including phenoxy) is 2. The smallest absolute Gasteiger partial charge is 0.184 e. The van der Waals surface area contributed by atoms with Crippen molar-refractivity contribution in [3.05, 3.63) is 77.6 Å². The maximum absolute atomic E-state index is 10.6. The van der Waals surface area contributed by atoms with E-state index in [1.807, 2.05) is 36.7 Å². The van der Waals surface area contributed by atoms with Gasteiger partial charge in [0.25, 0.3) is 0 Å². The third-order valence-electron chi connectivity index (χ3n) is 6.42. The molecule has 2 aromatic heterocycles. The van der Waals surface area contributed by atoms with Crippen molar-refractivity contribution in [3.8, 4) is 11.5 Å². The number of aromatic nitrogens is 3. The number of aliphatic hydroxyl groups excluding tert-OH is 1. The number of fused-ring (bicyclic) bond motifs is 3. The Labute approximate surface area is 200 Å². The molecule has 0 radical (unpaired) electrons. The number of hydrogen-bond acceptors (Lipinski definition) is 7. The van der Waals surface area contributed by atoms with Crippen LogP contribution in [0, 0.1) is 0 Å². The second kappa shape index (κ2) is 8.30. The first-order valence-electron chi connectivity index (χ1n) is 11.1. The fourth-order valence-electron chi connectivity index (χ4n) is 4.72. The minimum Gasteiger partial charge on any atom is -0.493 e. The number of imidazole rings is 1. The second-order valence-corrected chi connectivity index (χ2v) is 9.51. The molecule has 0 unspecified atom stereocenters. The molecule has 3 aromatic carbocycles. The molecule has 0 saturated heterocycles. The van der Waals surface area contributed by atoms with E-state index in [9.17, 15) is 5.11 Å². The maximum atomic E-state index is 10.6. The van der Waals surface area contributed by atoms with Crippen LogP contribution < -0.4 is 14.8 Å². The Morgan fingerprint density at radius 3 is 2.74 bits per heavy atom. The minimum atomic E-state index is -0.454. The van der Waals surface area contributed by atoms with Crippen molar-refractivity contribution in [1.82, 2.24) is 14.5 Å². The third kappa shape index (κ3) is 3.55. The Morgan fingerprint density at radius 1 is 1.06 bits per heavy atom. The van der Waals surface area contributed by atoms with Crippen molar-refractivity contribution in [2.75, 3.05) is 19.5 Å². The molecular formula is C26H24N4O3S. The summed E-state index contributed by atoms with van der Waals surface area (Å²) >= 11 is 1.61. The molecule has 0 saturated carbocycles. The highest BCUT2D eigenvalue weighted by atomic mass is 32.1. The molecule has 0 amide bonds. The Morgan fingerprint density at radius 2 is 1.88 bits per heavy atom. The van der Waals surface area contributed by atoms with Crippen LogP contribution in [0.3, 0.4) is 0 Å². The number of benzene rings is 3. The molecule has 6 rings (SSSR count). The Kier molecular flexibility index (Phi) is 5.12. The average Bonchev–Trinajstić information content (AvgIpc) is 3.53. The summed E-state index contributed by atoms with van der Waals surface area (Å²) in [5.41, 5.74) is 6.28. The van der Waals surface area contributed by atoms with Crippen LogP contribution in [-0.2, 0) is 13.0 Å². The van der Waals surface area contributed by atoms with Gasteiger partial charge in [0.2, 0.25) is 0 Å². The van der Waals surface area contributed by atoms with Gasteiger partial charge in [-0.1, -0.05) is 41.7 Å². The van der Waals surface area contributed by atoms with Gasteiger partial charge in [-0.15, -0.1) is 0 Å². The number of hydrogen-bond donors (Lipinski definition) is 2. The molecule has 8 heteroatoms. The second-order valence-electron chi connectivity index (χ2n) is 8.48. The van der Waals surface area contributed by atoms with E-state index in [0.717, 1.165) is 37.5 Å². The summed E-state index contributed by atoms with van der Waals surface area (Å²) in [5, 5.41) is 14.9. The summed E-state index contributed by atoms with van der Waals surface area (Å²) in [7, 11) is 3.26. The van der Waals surface area contributed by atoms with Crippen LogP contribution >= 0.6 is 11.3 Å². The zero-order valence-corrected chi connectivity index (χ0v) is 19.7. The lowest BCUT2D eigenvalue weighted by atomic mass is 10.1. The zero-order valence-electron chi connectivity index (χ0n) is 18.9. The van der Waals surface area contributed by atoms with Gasteiger partial charge < -0.3 is 24.5 Å². The van der Waals surface area contributed by atoms with Gasteiger partial charge in [-0.05, 0) is 28.8 Å². The van der Waals surface area contributed by atoms with Crippen molar-refractivity contribution in [3.63, 3.8) is 0 Å². The topological polar surface area (TPSA) is 81.4 Å². The fraction of sp³-hybridized carbons (Fsp3) is 0.231. The molecule has 2 N–H and O–H groups in total. The highest BCUT2D eigenvalue weighted by Gasteiger charge is 2.31. The standard InChI is InChI=1S/C26H24N4O3S/c1-32-22-11-19-20(12-23(22)33-2)30(14-27-19)13-15-7-8-18-24(9-15)34-26(28-18)29-25-17-6-4-3-5-16(17)10-21(25)31/h3-9,11-12,14,21,25,31H,10,13H2,1-2H3,(H,28,29)/t21-,25+/m0/s1. The van der Waals surface area contributed by atoms with Gasteiger partial charge in [0.05, 0.1) is 53.9 Å². The predicted molar refractivity (Wildman–Crippen MR) is 134 cm³/mol. The first-order valence-corrected chi connectivity index (χ1v) is 11.9. The zero-order chi connectivity index (χ0) is 23.2. The van der Waals surface area contributed by atoms with Crippen molar-refractivity contribution in [2.45, 2.75) is 25.1 Å². The average molecular weight is 473 g/mol. The van der Waals surface area contributed by atoms with Crippen LogP contribution in [0.1, 0.15) is 22.7 Å². The van der Waals surface area contributed by atoms with Gasteiger partial charge in [-0.3, -0.25) is 0 Å². The van der Waals surface area contributed by atoms with E-state index in [-0.39, 0.29) is 6.04 Å². The SMILES string of the molecule is COc1cc2ncn(Cc3ccc4nc(N[C@@H]5c6ccccc6C[C@@H]5O)sc4c3)c2cc1OC. The van der Waals surface area contributed by atoms with Crippen LogP contribution in [0.5, 0.6) is 11.5 Å². The highest BCUT2D eigenvalue weighted by molar-refractivity contribution is 7.22. The van der Waals surface area contributed by atoms with E-state index in [0.29, 0.717) is 24.5 Å². The van der Waals surface area contributed by atoms with Gasteiger partial charge >= 0.3 is 0 Å². The molecule has 172 valence electrons. The first-order chi connectivity index (χ1) is 16.6. The summed E-state index contributed by atoms with van der Waals surface area (Å²) in [4.78, 5) is 9.29. The quantitative estimate of drug-likeness (QED) is 0.370. The summed E-state index contributed by atoms with van der Waals surface area (Å²) < 4.78 is 14.1. The lowest BCUT2D eigenvalue weighted by Gasteiger charge is -2.16. The van der Waals surface area contributed by atoms with Crippen LogP contribution in [0.15, 0.2) is 60.9 Å². The number of anilines is 1. The van der Waals surface area contributed by atoms with E-state index in [1.165, 1.54) is 5.56 Å². The predicted octanol–water partition coefficient (Wildman–Crippen LogP) is 4.78. The van der Waals surface area contributed by atoms with E-state index >= 15 is 0 Å². The van der Waals surface area contributed by atoms with Crippen LogP contribution in [-0.4, -0.2) is 40.0 Å². The van der Waals surface area contributed by atoms with Crippen molar-refractivity contribution >= 4 is 37.7 Å². The van der Waals surface area contributed by atoms with Gasteiger partial charge in [0.1, 0.15) is 0 Å². The number of methoxy groups -OCH3 is 2. The lowest BCUT2D eigenvalue weighted by Crippen LogP contribution is -2.20. The van der Waals surface area contributed by atoms with Crippen LogP contribution in [0.2, 0.25) is 0 Å². The number of nitrogens with one attached hydrogen (secondary N) is 1. The van der Waals surface area contributed by atoms with Gasteiger partial charge in [-0.2, -0.15) is 0 Å². The van der Waals surface area contributed by atoms with Crippen LogP contribution in [0.25, 0.3) is 21.3 Å². The minimum absolute atomic E-state index is 0.138. The largest absolute Gasteiger partial charge is 0.493 e. The summed E-state index contributed by atoms with van der Waals surface area (Å²) in [6.45, 7) is 0.678. The van der Waals surface area contributed by atoms with E-state index in [2.05, 4.69) is 39.1 Å². The molecule has 5 aromatic rings. The molecule has 1 aliphatic rings. The highest BCUT2D eigenvalue weighted by Crippen LogP contribution is 2.37. The van der Waals surface area contributed by atoms with E-state index in [4.69, 9.17) is 14.5 Å². The van der Waals surface area contributed by atoms with Crippen molar-refractivity contribution in [1.29, 1.82) is 0 Å². The molecule has 2 atom stereocenters. The molecule has 0 bridgehead atoms. The molecule has 7 nitrogen and oxygen atoms in total. The Balaban J connectivity index is 1.27. The van der Waals surface area contributed by atoms with E-state index in [1.54, 1.807) is 25.6 Å². The first kappa shape index (κ1) is 20.9. The molecule has 1 aliphatic carbocycles. The third-order valence-corrected chi connectivity index (χ3v) is 7.36. The molecule has 0 aliphatic heterocycles. The lowest BCUT2D eigenvalue weighted by molar-refractivity contribution is 0.166. The summed E-state index contributed by atoms with van der Waals surface area (Å²) in [6, 6.07) is 18.2. The normalized spacial score (nSPS) is 17.3. The molecule has 2 heterocycles. The number of aliphatic hydroxyl groups is 1. The molecule has 0 spiro atoms. The fourth-order valence-corrected chi connectivity index (χ4v) is 5.68. The number of rotatable bonds is 6. The van der Waals surface area contributed by atoms with Gasteiger partial charge in [0.15, 0.2) is 16.6 Å². The molecular weight excluding hydrogens is 448 g/mol. The number of thiazole rings is 1. The van der Waals surface area contributed by atoms with Crippen molar-refractivity contribution in [2.24, 2.45) is 0 Å². The van der Waals surface area contributed by atoms with Gasteiger partial charge in [0, 0.05) is 25.1 Å². The summed E-state index contributed by atoms with van der Waals surface area (Å²) in [6.07, 6.45) is 2.05. The molecule has 34 heavy (non-hydrogen) atoms.